The minimum atomic E-state index is -0.185. The Bertz CT molecular complexity index is 304. The Labute approximate surface area is 71.4 Å². The van der Waals surface area contributed by atoms with Gasteiger partial charge in [-0.1, -0.05) is 0 Å². The highest BCUT2D eigenvalue weighted by Crippen LogP contribution is 2.46. The van der Waals surface area contributed by atoms with Crippen LogP contribution in [0.2, 0.25) is 0 Å². The molecule has 1 aliphatic rings. The van der Waals surface area contributed by atoms with Gasteiger partial charge in [0, 0.05) is 7.05 Å². The van der Waals surface area contributed by atoms with Gasteiger partial charge in [-0.05, 0) is 25.3 Å². The molecular weight excluding hydrogens is 152 g/mol. The number of nitrogens with zero attached hydrogens (tertiary/aromatic N) is 2. The summed E-state index contributed by atoms with van der Waals surface area (Å²) >= 11 is 0. The van der Waals surface area contributed by atoms with E-state index in [1.807, 2.05) is 24.9 Å². The maximum atomic E-state index is 10.9. The number of aromatic nitrogens is 2. The lowest BCUT2D eigenvalue weighted by atomic mass is 10.0. The van der Waals surface area contributed by atoms with E-state index in [1.165, 1.54) is 0 Å². The van der Waals surface area contributed by atoms with E-state index in [4.69, 9.17) is 0 Å². The first-order valence-electron chi connectivity index (χ1n) is 4.15. The van der Waals surface area contributed by atoms with Gasteiger partial charge < -0.3 is 4.79 Å². The Morgan fingerprint density at radius 3 is 2.67 bits per heavy atom. The van der Waals surface area contributed by atoms with E-state index in [-0.39, 0.29) is 5.41 Å². The van der Waals surface area contributed by atoms with Crippen molar-refractivity contribution in [3.8, 4) is 0 Å². The monoisotopic (exact) mass is 164 g/mol. The van der Waals surface area contributed by atoms with Crippen LogP contribution >= 0.6 is 0 Å². The molecule has 1 aromatic rings. The summed E-state index contributed by atoms with van der Waals surface area (Å²) in [6.45, 7) is 2.01. The first-order chi connectivity index (χ1) is 5.69. The summed E-state index contributed by atoms with van der Waals surface area (Å²) in [5.41, 5.74) is 2.04. The van der Waals surface area contributed by atoms with E-state index >= 15 is 0 Å². The summed E-state index contributed by atoms with van der Waals surface area (Å²) in [4.78, 5) is 10.9. The highest BCUT2D eigenvalue weighted by Gasteiger charge is 2.47. The van der Waals surface area contributed by atoms with E-state index in [9.17, 15) is 4.79 Å². The van der Waals surface area contributed by atoms with E-state index in [0.717, 1.165) is 30.4 Å². The quantitative estimate of drug-likeness (QED) is 0.610. The highest BCUT2D eigenvalue weighted by atomic mass is 16.1. The van der Waals surface area contributed by atoms with Crippen LogP contribution in [-0.4, -0.2) is 16.1 Å². The molecule has 64 valence electrons. The van der Waals surface area contributed by atoms with Crippen molar-refractivity contribution in [2.45, 2.75) is 25.2 Å². The van der Waals surface area contributed by atoms with Crippen molar-refractivity contribution in [3.05, 3.63) is 17.5 Å². The van der Waals surface area contributed by atoms with Gasteiger partial charge in [-0.15, -0.1) is 0 Å². The Morgan fingerprint density at radius 1 is 1.67 bits per heavy atom. The molecule has 1 heterocycles. The number of hydrogen-bond donors (Lipinski definition) is 0. The Balaban J connectivity index is 2.51. The fraction of sp³-hybridized carbons (Fsp3) is 0.556. The molecule has 0 N–H and O–H groups in total. The van der Waals surface area contributed by atoms with Crippen LogP contribution in [0.15, 0.2) is 6.20 Å². The predicted molar refractivity (Wildman–Crippen MR) is 44.9 cm³/mol. The number of aldehydes is 1. The van der Waals surface area contributed by atoms with E-state index in [1.54, 1.807) is 0 Å². The molecule has 0 atom stereocenters. The number of aryl methyl sites for hydroxylation is 2. The molecule has 0 unspecified atom stereocenters. The Morgan fingerprint density at radius 2 is 2.33 bits per heavy atom. The van der Waals surface area contributed by atoms with Crippen LogP contribution in [-0.2, 0) is 17.3 Å². The number of hydrogen-bond acceptors (Lipinski definition) is 2. The lowest BCUT2D eigenvalue weighted by Gasteiger charge is -2.08. The minimum absolute atomic E-state index is 0.185. The molecule has 1 aliphatic carbocycles. The van der Waals surface area contributed by atoms with Crippen molar-refractivity contribution in [1.82, 2.24) is 9.78 Å². The topological polar surface area (TPSA) is 34.9 Å². The lowest BCUT2D eigenvalue weighted by Crippen LogP contribution is -2.14. The van der Waals surface area contributed by atoms with Crippen molar-refractivity contribution in [1.29, 1.82) is 0 Å². The Kier molecular flexibility index (Phi) is 1.37. The van der Waals surface area contributed by atoms with Crippen molar-refractivity contribution >= 4 is 6.29 Å². The molecule has 2 rings (SSSR count). The maximum Gasteiger partial charge on any atom is 0.132 e. The van der Waals surface area contributed by atoms with Crippen LogP contribution in [0.25, 0.3) is 0 Å². The second kappa shape index (κ2) is 2.19. The molecule has 3 nitrogen and oxygen atoms in total. The van der Waals surface area contributed by atoms with Crippen LogP contribution in [0, 0.1) is 6.92 Å². The van der Waals surface area contributed by atoms with Gasteiger partial charge in [-0.25, -0.2) is 0 Å². The fourth-order valence-corrected chi connectivity index (χ4v) is 1.81. The van der Waals surface area contributed by atoms with Crippen molar-refractivity contribution in [2.24, 2.45) is 7.05 Å². The maximum absolute atomic E-state index is 10.9. The molecule has 0 spiro atoms. The molecule has 1 fully saturated rings. The highest BCUT2D eigenvalue weighted by molar-refractivity contribution is 5.72. The zero-order valence-electron chi connectivity index (χ0n) is 7.37. The number of carbonyl (C=O) groups excluding carboxylic acids is 1. The minimum Gasteiger partial charge on any atom is -0.302 e. The molecular formula is C9H12N2O. The summed E-state index contributed by atoms with van der Waals surface area (Å²) in [6, 6.07) is 0. The summed E-state index contributed by atoms with van der Waals surface area (Å²) in [5, 5.41) is 4.13. The standard InChI is InChI=1S/C9H12N2O/c1-7-5-10-11(2)8(7)9(6-12)3-4-9/h5-6H,3-4H2,1-2H3. The molecule has 0 aliphatic heterocycles. The number of carbonyl (C=O) groups is 1. The molecule has 0 radical (unpaired) electrons. The van der Waals surface area contributed by atoms with Gasteiger partial charge >= 0.3 is 0 Å². The van der Waals surface area contributed by atoms with Crippen LogP contribution < -0.4 is 0 Å². The molecule has 3 heteroatoms. The molecule has 12 heavy (non-hydrogen) atoms. The number of rotatable bonds is 2. The summed E-state index contributed by atoms with van der Waals surface area (Å²) in [6.07, 6.45) is 4.85. The van der Waals surface area contributed by atoms with E-state index < -0.39 is 0 Å². The van der Waals surface area contributed by atoms with E-state index in [0.29, 0.717) is 0 Å². The average molecular weight is 164 g/mol. The molecule has 1 saturated carbocycles. The van der Waals surface area contributed by atoms with Gasteiger partial charge in [0.15, 0.2) is 0 Å². The average Bonchev–Trinajstić information content (AvgIpc) is 2.77. The van der Waals surface area contributed by atoms with Crippen LogP contribution in [0.3, 0.4) is 0 Å². The molecule has 0 saturated heterocycles. The fourth-order valence-electron chi connectivity index (χ4n) is 1.81. The lowest BCUT2D eigenvalue weighted by molar-refractivity contribution is -0.110. The largest absolute Gasteiger partial charge is 0.302 e. The normalized spacial score (nSPS) is 19.2. The van der Waals surface area contributed by atoms with Gasteiger partial charge in [-0.2, -0.15) is 5.10 Å². The van der Waals surface area contributed by atoms with Crippen molar-refractivity contribution in [3.63, 3.8) is 0 Å². The second-order valence-corrected chi connectivity index (χ2v) is 3.57. The van der Waals surface area contributed by atoms with Gasteiger partial charge in [0.1, 0.15) is 6.29 Å². The summed E-state index contributed by atoms with van der Waals surface area (Å²) in [7, 11) is 1.89. The van der Waals surface area contributed by atoms with Crippen LogP contribution in [0.1, 0.15) is 24.1 Å². The van der Waals surface area contributed by atoms with Gasteiger partial charge in [0.2, 0.25) is 0 Å². The molecule has 0 bridgehead atoms. The zero-order chi connectivity index (χ0) is 8.77. The Hall–Kier alpha value is -1.12. The third kappa shape index (κ3) is 0.823. The molecule has 0 amide bonds. The van der Waals surface area contributed by atoms with Crippen LogP contribution in [0.4, 0.5) is 0 Å². The zero-order valence-corrected chi connectivity index (χ0v) is 7.37. The van der Waals surface area contributed by atoms with Gasteiger partial charge in [0.25, 0.3) is 0 Å². The van der Waals surface area contributed by atoms with Crippen molar-refractivity contribution < 1.29 is 4.79 Å². The summed E-state index contributed by atoms with van der Waals surface area (Å²) < 4.78 is 1.82. The second-order valence-electron chi connectivity index (χ2n) is 3.57. The molecule has 1 aromatic heterocycles. The van der Waals surface area contributed by atoms with Gasteiger partial charge in [0.05, 0.1) is 17.3 Å². The third-order valence-corrected chi connectivity index (χ3v) is 2.61. The van der Waals surface area contributed by atoms with Gasteiger partial charge in [-0.3, -0.25) is 4.68 Å². The van der Waals surface area contributed by atoms with E-state index in [2.05, 4.69) is 5.10 Å². The molecule has 0 aromatic carbocycles. The first kappa shape index (κ1) is 7.53. The third-order valence-electron chi connectivity index (χ3n) is 2.61. The predicted octanol–water partition coefficient (Wildman–Crippen LogP) is 0.959. The summed E-state index contributed by atoms with van der Waals surface area (Å²) in [5.74, 6) is 0. The van der Waals surface area contributed by atoms with Crippen molar-refractivity contribution in [2.75, 3.05) is 0 Å². The smallest absolute Gasteiger partial charge is 0.132 e. The first-order valence-corrected chi connectivity index (χ1v) is 4.15. The van der Waals surface area contributed by atoms with Crippen LogP contribution in [0.5, 0.6) is 0 Å². The SMILES string of the molecule is Cc1cnn(C)c1C1(C=O)CC1.